The molecule has 110 valence electrons. The zero-order valence-corrected chi connectivity index (χ0v) is 12.8. The van der Waals surface area contributed by atoms with E-state index in [-0.39, 0.29) is 11.6 Å². The zero-order chi connectivity index (χ0) is 14.3. The topological polar surface area (TPSA) is 47.6 Å². The highest BCUT2D eigenvalue weighted by molar-refractivity contribution is 5.83. The lowest BCUT2D eigenvalue weighted by Crippen LogP contribution is -2.63. The van der Waals surface area contributed by atoms with Crippen molar-refractivity contribution < 1.29 is 14.3 Å². The van der Waals surface area contributed by atoms with Crippen LogP contribution in [0.25, 0.3) is 0 Å². The fourth-order valence-electron chi connectivity index (χ4n) is 3.23. The van der Waals surface area contributed by atoms with Gasteiger partial charge in [-0.05, 0) is 59.9 Å². The van der Waals surface area contributed by atoms with Crippen molar-refractivity contribution in [1.82, 2.24) is 5.32 Å². The first-order chi connectivity index (χ1) is 8.72. The minimum absolute atomic E-state index is 0.175. The number of carbonyl (C=O) groups excluding carboxylic acids is 1. The number of hydrogen-bond acceptors (Lipinski definition) is 4. The SMILES string of the molecule is CCOC(=O)C1(NCC2CC2)CC(C)(C)OC1(C)C. The van der Waals surface area contributed by atoms with E-state index in [4.69, 9.17) is 9.47 Å². The van der Waals surface area contributed by atoms with Crippen molar-refractivity contribution in [1.29, 1.82) is 0 Å². The molecule has 1 atom stereocenters. The summed E-state index contributed by atoms with van der Waals surface area (Å²) in [6, 6.07) is 0. The van der Waals surface area contributed by atoms with E-state index < -0.39 is 11.1 Å². The monoisotopic (exact) mass is 269 g/mol. The third-order valence-electron chi connectivity index (χ3n) is 4.26. The minimum Gasteiger partial charge on any atom is -0.465 e. The van der Waals surface area contributed by atoms with Gasteiger partial charge < -0.3 is 9.47 Å². The predicted octanol–water partition coefficient (Wildman–Crippen LogP) is 2.27. The van der Waals surface area contributed by atoms with Gasteiger partial charge in [0.25, 0.3) is 0 Å². The molecule has 2 rings (SSSR count). The van der Waals surface area contributed by atoms with Gasteiger partial charge in [-0.15, -0.1) is 0 Å². The molecule has 0 bridgehead atoms. The van der Waals surface area contributed by atoms with E-state index in [0.717, 1.165) is 6.54 Å². The molecular weight excluding hydrogens is 242 g/mol. The van der Waals surface area contributed by atoms with Crippen LogP contribution in [0, 0.1) is 5.92 Å². The summed E-state index contributed by atoms with van der Waals surface area (Å²) in [5.41, 5.74) is -1.60. The number of nitrogens with one attached hydrogen (secondary N) is 1. The molecule has 1 aliphatic carbocycles. The molecule has 1 saturated carbocycles. The Balaban J connectivity index is 2.23. The van der Waals surface area contributed by atoms with Gasteiger partial charge in [-0.1, -0.05) is 0 Å². The molecule has 0 amide bonds. The van der Waals surface area contributed by atoms with Crippen LogP contribution < -0.4 is 5.32 Å². The molecule has 0 radical (unpaired) electrons. The molecule has 1 aliphatic heterocycles. The maximum Gasteiger partial charge on any atom is 0.329 e. The van der Waals surface area contributed by atoms with E-state index in [2.05, 4.69) is 5.32 Å². The standard InChI is InChI=1S/C15H27NO3/c1-6-18-12(17)15(16-9-11-7-8-11)10-13(2,3)19-14(15,4)5/h11,16H,6-10H2,1-5H3. The summed E-state index contributed by atoms with van der Waals surface area (Å²) in [5.74, 6) is 0.539. The van der Waals surface area contributed by atoms with Gasteiger partial charge in [-0.25, -0.2) is 4.79 Å². The van der Waals surface area contributed by atoms with E-state index in [9.17, 15) is 4.79 Å². The Kier molecular flexibility index (Phi) is 3.69. The average Bonchev–Trinajstić information content (AvgIpc) is 3.03. The largest absolute Gasteiger partial charge is 0.465 e. The maximum absolute atomic E-state index is 12.5. The first kappa shape index (κ1) is 14.8. The van der Waals surface area contributed by atoms with Crippen molar-refractivity contribution in [2.75, 3.05) is 13.2 Å². The zero-order valence-electron chi connectivity index (χ0n) is 12.8. The average molecular weight is 269 g/mol. The van der Waals surface area contributed by atoms with Crippen LogP contribution in [-0.2, 0) is 14.3 Å². The summed E-state index contributed by atoms with van der Waals surface area (Å²) in [6.45, 7) is 11.2. The second-order valence-corrected chi connectivity index (χ2v) is 7.00. The first-order valence-corrected chi connectivity index (χ1v) is 7.35. The van der Waals surface area contributed by atoms with E-state index in [1.807, 2.05) is 34.6 Å². The first-order valence-electron chi connectivity index (χ1n) is 7.35. The van der Waals surface area contributed by atoms with Crippen molar-refractivity contribution in [3.8, 4) is 0 Å². The molecule has 0 aromatic heterocycles. The highest BCUT2D eigenvalue weighted by Gasteiger charge is 2.62. The Morgan fingerprint density at radius 2 is 1.95 bits per heavy atom. The van der Waals surface area contributed by atoms with Crippen molar-refractivity contribution in [2.45, 2.75) is 70.6 Å². The number of hydrogen-bond donors (Lipinski definition) is 1. The van der Waals surface area contributed by atoms with E-state index in [0.29, 0.717) is 18.9 Å². The minimum atomic E-state index is -0.727. The highest BCUT2D eigenvalue weighted by atomic mass is 16.6. The molecule has 0 aromatic carbocycles. The third kappa shape index (κ3) is 2.79. The predicted molar refractivity (Wildman–Crippen MR) is 74.0 cm³/mol. The van der Waals surface area contributed by atoms with Gasteiger partial charge in [-0.3, -0.25) is 5.32 Å². The molecule has 4 heteroatoms. The lowest BCUT2D eigenvalue weighted by Gasteiger charge is -2.38. The van der Waals surface area contributed by atoms with E-state index in [1.165, 1.54) is 12.8 Å². The van der Waals surface area contributed by atoms with Crippen LogP contribution in [-0.4, -0.2) is 35.9 Å². The lowest BCUT2D eigenvalue weighted by molar-refractivity contribution is -0.159. The van der Waals surface area contributed by atoms with Crippen LogP contribution in [0.15, 0.2) is 0 Å². The second-order valence-electron chi connectivity index (χ2n) is 7.00. The molecule has 2 aliphatic rings. The van der Waals surface area contributed by atoms with Gasteiger partial charge in [0, 0.05) is 6.42 Å². The van der Waals surface area contributed by atoms with Gasteiger partial charge in [0.1, 0.15) is 5.54 Å². The fourth-order valence-corrected chi connectivity index (χ4v) is 3.23. The summed E-state index contributed by atoms with van der Waals surface area (Å²) in [4.78, 5) is 12.5. The van der Waals surface area contributed by atoms with Gasteiger partial charge in [0.2, 0.25) is 0 Å². The quantitative estimate of drug-likeness (QED) is 0.778. The summed E-state index contributed by atoms with van der Waals surface area (Å²) < 4.78 is 11.4. The fraction of sp³-hybridized carbons (Fsp3) is 0.933. The van der Waals surface area contributed by atoms with Crippen molar-refractivity contribution >= 4 is 5.97 Å². The van der Waals surface area contributed by atoms with Crippen LogP contribution >= 0.6 is 0 Å². The van der Waals surface area contributed by atoms with Crippen LogP contribution in [0.5, 0.6) is 0 Å². The Labute approximate surface area is 116 Å². The normalized spacial score (nSPS) is 32.3. The Morgan fingerprint density at radius 3 is 2.37 bits per heavy atom. The van der Waals surface area contributed by atoms with Crippen LogP contribution in [0.1, 0.15) is 53.9 Å². The van der Waals surface area contributed by atoms with Crippen LogP contribution in [0.3, 0.4) is 0 Å². The smallest absolute Gasteiger partial charge is 0.329 e. The maximum atomic E-state index is 12.5. The van der Waals surface area contributed by atoms with Gasteiger partial charge in [0.05, 0.1) is 17.8 Å². The van der Waals surface area contributed by atoms with Gasteiger partial charge in [-0.2, -0.15) is 0 Å². The molecule has 4 nitrogen and oxygen atoms in total. The molecule has 19 heavy (non-hydrogen) atoms. The Bertz CT molecular complexity index is 360. The lowest BCUT2D eigenvalue weighted by atomic mass is 9.78. The number of carbonyl (C=O) groups is 1. The molecule has 2 fully saturated rings. The van der Waals surface area contributed by atoms with Gasteiger partial charge in [0.15, 0.2) is 0 Å². The Hall–Kier alpha value is -0.610. The highest BCUT2D eigenvalue weighted by Crippen LogP contribution is 2.46. The van der Waals surface area contributed by atoms with Crippen LogP contribution in [0.4, 0.5) is 0 Å². The molecular formula is C15H27NO3. The van der Waals surface area contributed by atoms with Crippen molar-refractivity contribution in [3.63, 3.8) is 0 Å². The van der Waals surface area contributed by atoms with E-state index in [1.54, 1.807) is 0 Å². The summed E-state index contributed by atoms with van der Waals surface area (Å²) >= 11 is 0. The number of esters is 1. The van der Waals surface area contributed by atoms with E-state index >= 15 is 0 Å². The molecule has 1 N–H and O–H groups in total. The molecule has 1 unspecified atom stereocenters. The molecule has 0 aromatic rings. The summed E-state index contributed by atoms with van der Waals surface area (Å²) in [7, 11) is 0. The summed E-state index contributed by atoms with van der Waals surface area (Å²) in [5, 5.41) is 3.49. The third-order valence-corrected chi connectivity index (χ3v) is 4.26. The van der Waals surface area contributed by atoms with Gasteiger partial charge >= 0.3 is 5.97 Å². The molecule has 1 heterocycles. The second kappa shape index (κ2) is 4.74. The number of rotatable bonds is 5. The molecule has 0 spiro atoms. The van der Waals surface area contributed by atoms with Crippen molar-refractivity contribution in [3.05, 3.63) is 0 Å². The molecule has 1 saturated heterocycles. The summed E-state index contributed by atoms with van der Waals surface area (Å²) in [6.07, 6.45) is 3.17. The van der Waals surface area contributed by atoms with Crippen molar-refractivity contribution in [2.24, 2.45) is 5.92 Å². The van der Waals surface area contributed by atoms with Crippen LogP contribution in [0.2, 0.25) is 0 Å². The number of ether oxygens (including phenoxy) is 2. The Morgan fingerprint density at radius 1 is 1.32 bits per heavy atom.